The molecule has 15 heavy (non-hydrogen) atoms. The number of hydrogen-bond acceptors (Lipinski definition) is 0. The first-order valence-electron chi connectivity index (χ1n) is 4.51. The second-order valence-electron chi connectivity index (χ2n) is 3.15. The van der Waals surface area contributed by atoms with Gasteiger partial charge in [-0.05, 0) is 18.4 Å². The van der Waals surface area contributed by atoms with Gasteiger partial charge >= 0.3 is 0 Å². The summed E-state index contributed by atoms with van der Waals surface area (Å²) in [5.41, 5.74) is 0.777. The molecule has 1 aromatic carbocycles. The standard InChI is InChI=1S/C10H9Cl5/c1-2-3-4-5-6(11)8(13)10(15)9(14)7(5)12/h2-4H2,1H3. The van der Waals surface area contributed by atoms with Crippen molar-refractivity contribution in [3.8, 4) is 0 Å². The van der Waals surface area contributed by atoms with E-state index in [0.29, 0.717) is 10.0 Å². The third-order valence-corrected chi connectivity index (χ3v) is 4.44. The van der Waals surface area contributed by atoms with Gasteiger partial charge in [-0.15, -0.1) is 0 Å². The molecule has 0 aliphatic heterocycles. The van der Waals surface area contributed by atoms with Crippen LogP contribution in [0, 0.1) is 0 Å². The number of halogens is 5. The molecule has 0 aliphatic carbocycles. The highest BCUT2D eigenvalue weighted by Gasteiger charge is 2.18. The Morgan fingerprint density at radius 1 is 0.733 bits per heavy atom. The highest BCUT2D eigenvalue weighted by molar-refractivity contribution is 6.55. The summed E-state index contributed by atoms with van der Waals surface area (Å²) in [7, 11) is 0. The topological polar surface area (TPSA) is 0 Å². The normalized spacial score (nSPS) is 10.8. The van der Waals surface area contributed by atoms with E-state index in [1.807, 2.05) is 0 Å². The van der Waals surface area contributed by atoms with Gasteiger partial charge in [0.2, 0.25) is 0 Å². The minimum atomic E-state index is 0.216. The SMILES string of the molecule is CCCCc1c(Cl)c(Cl)c(Cl)c(Cl)c1Cl. The Balaban J connectivity index is 3.26. The zero-order chi connectivity index (χ0) is 11.6. The summed E-state index contributed by atoms with van der Waals surface area (Å²) >= 11 is 29.8. The first kappa shape index (κ1) is 13.7. The van der Waals surface area contributed by atoms with E-state index in [4.69, 9.17) is 58.0 Å². The van der Waals surface area contributed by atoms with Crippen LogP contribution in [0.15, 0.2) is 0 Å². The van der Waals surface area contributed by atoms with Crippen LogP contribution in [0.4, 0.5) is 0 Å². The van der Waals surface area contributed by atoms with Crippen molar-refractivity contribution in [1.29, 1.82) is 0 Å². The van der Waals surface area contributed by atoms with Crippen LogP contribution in [0.5, 0.6) is 0 Å². The van der Waals surface area contributed by atoms with Crippen LogP contribution < -0.4 is 0 Å². The fraction of sp³-hybridized carbons (Fsp3) is 0.400. The highest BCUT2D eigenvalue weighted by Crippen LogP contribution is 2.44. The van der Waals surface area contributed by atoms with Gasteiger partial charge in [0.15, 0.2) is 0 Å². The Labute approximate surface area is 114 Å². The Morgan fingerprint density at radius 2 is 1.13 bits per heavy atom. The maximum Gasteiger partial charge on any atom is 0.0809 e. The van der Waals surface area contributed by atoms with E-state index >= 15 is 0 Å². The average Bonchev–Trinajstić information content (AvgIpc) is 2.24. The molecule has 0 nitrogen and oxygen atoms in total. The largest absolute Gasteiger partial charge is 0.0823 e. The molecule has 0 saturated heterocycles. The number of unbranched alkanes of at least 4 members (excludes halogenated alkanes) is 1. The molecular formula is C10H9Cl5. The third-order valence-electron chi connectivity index (χ3n) is 2.08. The van der Waals surface area contributed by atoms with Gasteiger partial charge in [-0.2, -0.15) is 0 Å². The Hall–Kier alpha value is 0.670. The molecule has 0 saturated carbocycles. The van der Waals surface area contributed by atoms with Gasteiger partial charge in [0.1, 0.15) is 0 Å². The van der Waals surface area contributed by atoms with Crippen molar-refractivity contribution in [2.75, 3.05) is 0 Å². The van der Waals surface area contributed by atoms with E-state index in [9.17, 15) is 0 Å². The zero-order valence-electron chi connectivity index (χ0n) is 8.01. The van der Waals surface area contributed by atoms with E-state index in [-0.39, 0.29) is 15.1 Å². The van der Waals surface area contributed by atoms with Gasteiger partial charge in [0, 0.05) is 0 Å². The molecule has 0 aromatic heterocycles. The first-order chi connectivity index (χ1) is 7.00. The molecule has 0 unspecified atom stereocenters. The highest BCUT2D eigenvalue weighted by atomic mass is 35.5. The van der Waals surface area contributed by atoms with Crippen LogP contribution in [-0.4, -0.2) is 0 Å². The van der Waals surface area contributed by atoms with Crippen LogP contribution in [0.1, 0.15) is 25.3 Å². The Bertz CT molecular complexity index is 344. The molecule has 1 rings (SSSR count). The maximum atomic E-state index is 6.05. The second kappa shape index (κ2) is 5.84. The van der Waals surface area contributed by atoms with E-state index in [1.54, 1.807) is 0 Å². The lowest BCUT2D eigenvalue weighted by atomic mass is 10.1. The molecule has 84 valence electrons. The molecule has 0 heterocycles. The molecule has 0 atom stereocenters. The average molecular weight is 306 g/mol. The second-order valence-corrected chi connectivity index (χ2v) is 5.04. The van der Waals surface area contributed by atoms with Gasteiger partial charge in [-0.1, -0.05) is 71.3 Å². The maximum absolute atomic E-state index is 6.05. The number of rotatable bonds is 3. The summed E-state index contributed by atoms with van der Waals surface area (Å²) in [6.07, 6.45) is 2.78. The van der Waals surface area contributed by atoms with Crippen molar-refractivity contribution in [1.82, 2.24) is 0 Å². The first-order valence-corrected chi connectivity index (χ1v) is 6.40. The summed E-state index contributed by atoms with van der Waals surface area (Å²) in [4.78, 5) is 0. The summed E-state index contributed by atoms with van der Waals surface area (Å²) in [5, 5.41) is 1.58. The Morgan fingerprint density at radius 3 is 1.53 bits per heavy atom. The molecule has 0 spiro atoms. The smallest absolute Gasteiger partial charge is 0.0809 e. The van der Waals surface area contributed by atoms with Gasteiger partial charge in [-0.25, -0.2) is 0 Å². The lowest BCUT2D eigenvalue weighted by Gasteiger charge is -2.11. The van der Waals surface area contributed by atoms with Crippen molar-refractivity contribution in [3.63, 3.8) is 0 Å². The lowest BCUT2D eigenvalue weighted by Crippen LogP contribution is -1.91. The van der Waals surface area contributed by atoms with Crippen molar-refractivity contribution in [2.45, 2.75) is 26.2 Å². The predicted molar refractivity (Wildman–Crippen MR) is 70.1 cm³/mol. The van der Waals surface area contributed by atoms with Crippen molar-refractivity contribution < 1.29 is 0 Å². The van der Waals surface area contributed by atoms with Crippen molar-refractivity contribution in [3.05, 3.63) is 30.7 Å². The minimum Gasteiger partial charge on any atom is -0.0823 e. The van der Waals surface area contributed by atoms with Gasteiger partial charge in [0.25, 0.3) is 0 Å². The number of benzene rings is 1. The molecular weight excluding hydrogens is 297 g/mol. The molecule has 5 heteroatoms. The van der Waals surface area contributed by atoms with E-state index in [0.717, 1.165) is 24.8 Å². The van der Waals surface area contributed by atoms with E-state index in [2.05, 4.69) is 6.92 Å². The van der Waals surface area contributed by atoms with E-state index < -0.39 is 0 Å². The van der Waals surface area contributed by atoms with Gasteiger partial charge in [-0.3, -0.25) is 0 Å². The summed E-state index contributed by atoms with van der Waals surface area (Å²) in [6.45, 7) is 2.08. The molecule has 0 radical (unpaired) electrons. The van der Waals surface area contributed by atoms with Crippen LogP contribution >= 0.6 is 58.0 Å². The molecule has 0 bridgehead atoms. The zero-order valence-corrected chi connectivity index (χ0v) is 11.8. The van der Waals surface area contributed by atoms with Gasteiger partial charge in [0.05, 0.1) is 25.1 Å². The van der Waals surface area contributed by atoms with E-state index in [1.165, 1.54) is 0 Å². The molecule has 0 N–H and O–H groups in total. The molecule has 1 aromatic rings. The van der Waals surface area contributed by atoms with Crippen LogP contribution in [0.3, 0.4) is 0 Å². The summed E-state index contributed by atoms with van der Waals surface area (Å²) in [6, 6.07) is 0. The quantitative estimate of drug-likeness (QED) is 0.454. The summed E-state index contributed by atoms with van der Waals surface area (Å²) < 4.78 is 0. The summed E-state index contributed by atoms with van der Waals surface area (Å²) in [5.74, 6) is 0. The van der Waals surface area contributed by atoms with Crippen LogP contribution in [-0.2, 0) is 6.42 Å². The fourth-order valence-electron chi connectivity index (χ4n) is 1.22. The van der Waals surface area contributed by atoms with Crippen molar-refractivity contribution >= 4 is 58.0 Å². The van der Waals surface area contributed by atoms with Gasteiger partial charge < -0.3 is 0 Å². The molecule has 0 fully saturated rings. The predicted octanol–water partition coefficient (Wildman–Crippen LogP) is 6.30. The van der Waals surface area contributed by atoms with Crippen LogP contribution in [0.2, 0.25) is 25.1 Å². The molecule has 0 aliphatic rings. The van der Waals surface area contributed by atoms with Crippen LogP contribution in [0.25, 0.3) is 0 Å². The lowest BCUT2D eigenvalue weighted by molar-refractivity contribution is 0.795. The Kier molecular flexibility index (Phi) is 5.35. The minimum absolute atomic E-state index is 0.216. The monoisotopic (exact) mass is 304 g/mol. The third kappa shape index (κ3) is 2.87. The number of hydrogen-bond donors (Lipinski definition) is 0. The van der Waals surface area contributed by atoms with Crippen molar-refractivity contribution in [2.24, 2.45) is 0 Å². The fourth-order valence-corrected chi connectivity index (χ4v) is 2.59. The molecule has 0 amide bonds.